The number of carbonyl (C=O) groups is 2. The summed E-state index contributed by atoms with van der Waals surface area (Å²) in [4.78, 5) is 28.5. The van der Waals surface area contributed by atoms with Gasteiger partial charge in [-0.3, -0.25) is 13.9 Å². The summed E-state index contributed by atoms with van der Waals surface area (Å²) in [6.07, 6.45) is 1.36. The Hall–Kier alpha value is -3.17. The second kappa shape index (κ2) is 12.4. The molecule has 0 fully saturated rings. The third-order valence-corrected chi connectivity index (χ3v) is 7.90. The zero-order valence-corrected chi connectivity index (χ0v) is 23.8. The maximum Gasteiger partial charge on any atom is 0.244 e. The predicted molar refractivity (Wildman–Crippen MR) is 151 cm³/mol. The lowest BCUT2D eigenvalue weighted by atomic mass is 10.0. The Bertz CT molecular complexity index is 1360. The summed E-state index contributed by atoms with van der Waals surface area (Å²) < 4.78 is 27.7. The van der Waals surface area contributed by atoms with E-state index in [2.05, 4.69) is 21.2 Å². The van der Waals surface area contributed by atoms with Crippen molar-refractivity contribution in [2.24, 2.45) is 0 Å². The first-order valence-corrected chi connectivity index (χ1v) is 14.5. The van der Waals surface area contributed by atoms with Gasteiger partial charge in [0.25, 0.3) is 0 Å². The highest BCUT2D eigenvalue weighted by molar-refractivity contribution is 9.10. The Labute approximate surface area is 227 Å². The molecule has 0 aliphatic heterocycles. The lowest BCUT2D eigenvalue weighted by molar-refractivity contribution is -0.139. The highest BCUT2D eigenvalue weighted by atomic mass is 79.9. The molecule has 9 heteroatoms. The smallest absolute Gasteiger partial charge is 0.244 e. The number of hydrogen-bond donors (Lipinski definition) is 1. The van der Waals surface area contributed by atoms with E-state index in [0.717, 1.165) is 37.3 Å². The first-order chi connectivity index (χ1) is 17.5. The average Bonchev–Trinajstić information content (AvgIpc) is 2.86. The summed E-state index contributed by atoms with van der Waals surface area (Å²) in [7, 11) is -2.27. The van der Waals surface area contributed by atoms with Crippen LogP contribution in [0.4, 0.5) is 5.69 Å². The molecule has 1 atom stereocenters. The first-order valence-electron chi connectivity index (χ1n) is 11.8. The van der Waals surface area contributed by atoms with Crippen LogP contribution in [0.2, 0.25) is 0 Å². The number of amides is 2. The first kappa shape index (κ1) is 28.4. The van der Waals surface area contributed by atoms with E-state index in [-0.39, 0.29) is 18.9 Å². The quantitative estimate of drug-likeness (QED) is 0.386. The lowest BCUT2D eigenvalue weighted by Crippen LogP contribution is -2.53. The Morgan fingerprint density at radius 1 is 0.946 bits per heavy atom. The molecule has 0 heterocycles. The number of aryl methyl sites for hydroxylation is 1. The van der Waals surface area contributed by atoms with Crippen LogP contribution in [0.5, 0.6) is 0 Å². The Morgan fingerprint density at radius 3 is 2.22 bits per heavy atom. The van der Waals surface area contributed by atoms with Gasteiger partial charge in [-0.05, 0) is 54.3 Å². The van der Waals surface area contributed by atoms with Crippen LogP contribution in [0.25, 0.3) is 0 Å². The summed E-state index contributed by atoms with van der Waals surface area (Å²) in [6, 6.07) is 21.4. The molecule has 0 saturated carbocycles. The number of rotatable bonds is 10. The zero-order valence-electron chi connectivity index (χ0n) is 21.4. The van der Waals surface area contributed by atoms with Crippen molar-refractivity contribution in [3.05, 3.63) is 99.5 Å². The lowest BCUT2D eigenvalue weighted by Gasteiger charge is -2.33. The van der Waals surface area contributed by atoms with Crippen molar-refractivity contribution in [2.45, 2.75) is 32.9 Å². The van der Waals surface area contributed by atoms with Gasteiger partial charge in [0.05, 0.1) is 11.9 Å². The van der Waals surface area contributed by atoms with Gasteiger partial charge in [0.2, 0.25) is 21.8 Å². The minimum atomic E-state index is -3.80. The van der Waals surface area contributed by atoms with Gasteiger partial charge in [-0.25, -0.2) is 8.42 Å². The summed E-state index contributed by atoms with van der Waals surface area (Å²) in [5, 5.41) is 2.68. The van der Waals surface area contributed by atoms with Crippen molar-refractivity contribution in [3.63, 3.8) is 0 Å². The van der Waals surface area contributed by atoms with Crippen LogP contribution in [-0.2, 0) is 32.6 Å². The largest absolute Gasteiger partial charge is 0.357 e. The normalized spacial score (nSPS) is 12.0. The van der Waals surface area contributed by atoms with Crippen molar-refractivity contribution in [2.75, 3.05) is 24.2 Å². The molecule has 0 aliphatic rings. The maximum absolute atomic E-state index is 13.9. The number of nitrogens with zero attached hydrogens (tertiary/aromatic N) is 2. The molecule has 0 radical (unpaired) electrons. The molecule has 1 unspecified atom stereocenters. The molecule has 0 saturated heterocycles. The van der Waals surface area contributed by atoms with Crippen molar-refractivity contribution in [3.8, 4) is 0 Å². The fraction of sp³-hybridized carbons (Fsp3) is 0.286. The molecule has 3 aromatic rings. The van der Waals surface area contributed by atoms with Gasteiger partial charge < -0.3 is 10.2 Å². The van der Waals surface area contributed by atoms with Gasteiger partial charge >= 0.3 is 0 Å². The highest BCUT2D eigenvalue weighted by Crippen LogP contribution is 2.26. The van der Waals surface area contributed by atoms with Crippen LogP contribution in [0, 0.1) is 13.8 Å². The number of anilines is 1. The number of sulfonamides is 1. The SMILES string of the molecule is CNC(=O)C(Cc1ccccc1)N(Cc1cccc(Br)c1)C(=O)CN(c1cccc(C)c1C)S(C)(=O)=O. The van der Waals surface area contributed by atoms with Gasteiger partial charge in [0.1, 0.15) is 12.6 Å². The number of nitrogens with one attached hydrogen (secondary N) is 1. The van der Waals surface area contributed by atoms with E-state index in [4.69, 9.17) is 0 Å². The molecule has 3 aromatic carbocycles. The van der Waals surface area contributed by atoms with E-state index in [9.17, 15) is 18.0 Å². The van der Waals surface area contributed by atoms with E-state index < -0.39 is 28.5 Å². The minimum Gasteiger partial charge on any atom is -0.357 e. The maximum atomic E-state index is 13.9. The molecular formula is C28H32BrN3O4S. The molecular weight excluding hydrogens is 554 g/mol. The molecule has 2 amide bonds. The summed E-state index contributed by atoms with van der Waals surface area (Å²) in [6.45, 7) is 3.42. The van der Waals surface area contributed by atoms with Crippen LogP contribution in [0.15, 0.2) is 77.3 Å². The van der Waals surface area contributed by atoms with E-state index in [1.165, 1.54) is 11.9 Å². The van der Waals surface area contributed by atoms with Crippen LogP contribution >= 0.6 is 15.9 Å². The Kier molecular flexibility index (Phi) is 9.50. The Balaban J connectivity index is 2.06. The van der Waals surface area contributed by atoms with Crippen LogP contribution < -0.4 is 9.62 Å². The second-order valence-corrected chi connectivity index (χ2v) is 11.8. The minimum absolute atomic E-state index is 0.133. The van der Waals surface area contributed by atoms with E-state index in [1.54, 1.807) is 12.1 Å². The molecule has 0 aromatic heterocycles. The Morgan fingerprint density at radius 2 is 1.59 bits per heavy atom. The molecule has 0 bridgehead atoms. The van der Waals surface area contributed by atoms with Gasteiger partial charge in [-0.1, -0.05) is 70.5 Å². The average molecular weight is 587 g/mol. The van der Waals surface area contributed by atoms with Crippen LogP contribution in [0.3, 0.4) is 0 Å². The van der Waals surface area contributed by atoms with Crippen molar-refractivity contribution >= 4 is 43.5 Å². The van der Waals surface area contributed by atoms with Crippen molar-refractivity contribution in [1.29, 1.82) is 0 Å². The number of carbonyl (C=O) groups excluding carboxylic acids is 2. The standard InChI is InChI=1S/C28H32BrN3O4S/c1-20-10-8-15-25(21(20)2)32(37(4,35)36)19-27(33)31(18-23-13-9-14-24(29)16-23)26(28(34)30-3)17-22-11-6-5-7-12-22/h5-16,26H,17-19H2,1-4H3,(H,30,34). The fourth-order valence-corrected chi connectivity index (χ4v) is 5.50. The number of hydrogen-bond acceptors (Lipinski definition) is 4. The van der Waals surface area contributed by atoms with Gasteiger partial charge in [0.15, 0.2) is 0 Å². The topological polar surface area (TPSA) is 86.8 Å². The molecule has 37 heavy (non-hydrogen) atoms. The van der Waals surface area contributed by atoms with E-state index >= 15 is 0 Å². The van der Waals surface area contributed by atoms with Gasteiger partial charge in [-0.2, -0.15) is 0 Å². The summed E-state index contributed by atoms with van der Waals surface area (Å²) in [5.74, 6) is -0.805. The highest BCUT2D eigenvalue weighted by Gasteiger charge is 2.33. The molecule has 1 N–H and O–H groups in total. The van der Waals surface area contributed by atoms with E-state index in [0.29, 0.717) is 5.69 Å². The summed E-state index contributed by atoms with van der Waals surface area (Å²) >= 11 is 3.46. The van der Waals surface area contributed by atoms with E-state index in [1.807, 2.05) is 74.5 Å². The van der Waals surface area contributed by atoms with Crippen LogP contribution in [0.1, 0.15) is 22.3 Å². The molecule has 3 rings (SSSR count). The van der Waals surface area contributed by atoms with Gasteiger partial charge in [0, 0.05) is 24.5 Å². The molecule has 0 aliphatic carbocycles. The van der Waals surface area contributed by atoms with Crippen LogP contribution in [-0.4, -0.2) is 51.0 Å². The third-order valence-electron chi connectivity index (χ3n) is 6.28. The third kappa shape index (κ3) is 7.42. The number of benzene rings is 3. The predicted octanol–water partition coefficient (Wildman–Crippen LogP) is 4.22. The fourth-order valence-electron chi connectivity index (χ4n) is 4.15. The zero-order chi connectivity index (χ0) is 27.2. The van der Waals surface area contributed by atoms with Gasteiger partial charge in [-0.15, -0.1) is 0 Å². The van der Waals surface area contributed by atoms with Crippen molar-refractivity contribution < 1.29 is 18.0 Å². The monoisotopic (exact) mass is 585 g/mol. The number of halogens is 1. The summed E-state index contributed by atoms with van der Waals surface area (Å²) in [5.41, 5.74) is 3.82. The number of likely N-dealkylation sites (N-methyl/N-ethyl adjacent to an activating group) is 1. The second-order valence-electron chi connectivity index (χ2n) is 8.96. The van der Waals surface area contributed by atoms with Crippen molar-refractivity contribution in [1.82, 2.24) is 10.2 Å². The molecule has 0 spiro atoms. The molecule has 196 valence electrons. The molecule has 7 nitrogen and oxygen atoms in total.